The molecule has 1 atom stereocenters. The summed E-state index contributed by atoms with van der Waals surface area (Å²) in [5.41, 5.74) is 1.78. The SMILES string of the molecule is CCCN(CCCC(C)CC)c1cncc(-c2csc(/C=C3\SC(=O)NC3=O)c2)n1. The normalized spacial score (nSPS) is 16.2. The number of nitrogens with one attached hydrogen (secondary N) is 1. The Hall–Kier alpha value is -2.19. The Kier molecular flexibility index (Phi) is 8.04. The number of imide groups is 1. The second-order valence-corrected chi connectivity index (χ2v) is 9.45. The van der Waals surface area contributed by atoms with Gasteiger partial charge in [-0.3, -0.25) is 19.9 Å². The lowest BCUT2D eigenvalue weighted by atomic mass is 10.0. The molecule has 8 heteroatoms. The smallest absolute Gasteiger partial charge is 0.290 e. The Labute approximate surface area is 186 Å². The molecule has 2 aromatic rings. The zero-order chi connectivity index (χ0) is 21.5. The second-order valence-electron chi connectivity index (χ2n) is 7.50. The third-order valence-electron chi connectivity index (χ3n) is 5.09. The third kappa shape index (κ3) is 5.92. The summed E-state index contributed by atoms with van der Waals surface area (Å²) in [5, 5.41) is 3.96. The first kappa shape index (κ1) is 22.5. The molecule has 0 aromatic carbocycles. The van der Waals surface area contributed by atoms with E-state index in [4.69, 9.17) is 4.98 Å². The van der Waals surface area contributed by atoms with Crippen LogP contribution >= 0.6 is 23.1 Å². The van der Waals surface area contributed by atoms with Gasteiger partial charge in [0.05, 0.1) is 23.0 Å². The van der Waals surface area contributed by atoms with E-state index in [1.807, 2.05) is 17.6 Å². The van der Waals surface area contributed by atoms with Gasteiger partial charge >= 0.3 is 0 Å². The minimum atomic E-state index is -0.339. The maximum atomic E-state index is 11.8. The number of thioether (sulfide) groups is 1. The molecular formula is C22H28N4O2S2. The van der Waals surface area contributed by atoms with Gasteiger partial charge in [0.15, 0.2) is 0 Å². The van der Waals surface area contributed by atoms with Gasteiger partial charge < -0.3 is 4.90 Å². The number of anilines is 1. The number of hydrogen-bond acceptors (Lipinski definition) is 7. The van der Waals surface area contributed by atoms with Gasteiger partial charge in [-0.1, -0.05) is 27.2 Å². The topological polar surface area (TPSA) is 75.2 Å². The molecule has 0 saturated carbocycles. The van der Waals surface area contributed by atoms with Crippen molar-refractivity contribution in [2.75, 3.05) is 18.0 Å². The largest absolute Gasteiger partial charge is 0.355 e. The number of amides is 2. The van der Waals surface area contributed by atoms with Gasteiger partial charge in [-0.2, -0.15) is 0 Å². The van der Waals surface area contributed by atoms with Crippen molar-refractivity contribution in [2.24, 2.45) is 5.92 Å². The lowest BCUT2D eigenvalue weighted by Crippen LogP contribution is -2.26. The molecule has 0 aliphatic carbocycles. The maximum Gasteiger partial charge on any atom is 0.290 e. The summed E-state index contributed by atoms with van der Waals surface area (Å²) < 4.78 is 0. The quantitative estimate of drug-likeness (QED) is 0.483. The van der Waals surface area contributed by atoms with Crippen LogP contribution in [0.1, 0.15) is 51.3 Å². The van der Waals surface area contributed by atoms with Gasteiger partial charge in [0.25, 0.3) is 11.1 Å². The van der Waals surface area contributed by atoms with E-state index in [9.17, 15) is 9.59 Å². The molecule has 0 radical (unpaired) electrons. The fraction of sp³-hybridized carbons (Fsp3) is 0.455. The number of carbonyl (C=O) groups is 2. The number of thiophene rings is 1. The van der Waals surface area contributed by atoms with Crippen molar-refractivity contribution in [1.29, 1.82) is 0 Å². The highest BCUT2D eigenvalue weighted by Gasteiger charge is 2.25. The summed E-state index contributed by atoms with van der Waals surface area (Å²) in [6, 6.07) is 1.98. The van der Waals surface area contributed by atoms with Crippen LogP contribution in [-0.4, -0.2) is 34.2 Å². The predicted molar refractivity (Wildman–Crippen MR) is 126 cm³/mol. The molecule has 0 spiro atoms. The van der Waals surface area contributed by atoms with E-state index < -0.39 is 0 Å². The third-order valence-corrected chi connectivity index (χ3v) is 6.78. The Morgan fingerprint density at radius 3 is 2.77 bits per heavy atom. The van der Waals surface area contributed by atoms with Crippen molar-refractivity contribution in [3.63, 3.8) is 0 Å². The van der Waals surface area contributed by atoms with Crippen LogP contribution in [0.3, 0.4) is 0 Å². The molecular weight excluding hydrogens is 416 g/mol. The number of carbonyl (C=O) groups excluding carboxylic acids is 2. The van der Waals surface area contributed by atoms with Crippen LogP contribution in [0.2, 0.25) is 0 Å². The van der Waals surface area contributed by atoms with Crippen LogP contribution in [0, 0.1) is 5.92 Å². The molecule has 1 unspecified atom stereocenters. The molecule has 0 bridgehead atoms. The zero-order valence-electron chi connectivity index (χ0n) is 17.7. The monoisotopic (exact) mass is 444 g/mol. The molecule has 2 aromatic heterocycles. The summed E-state index contributed by atoms with van der Waals surface area (Å²) in [5.74, 6) is 1.31. The van der Waals surface area contributed by atoms with Crippen LogP contribution in [0.5, 0.6) is 0 Å². The average molecular weight is 445 g/mol. The van der Waals surface area contributed by atoms with E-state index in [2.05, 4.69) is 36.0 Å². The summed E-state index contributed by atoms with van der Waals surface area (Å²) in [6.07, 6.45) is 10.00. The maximum absolute atomic E-state index is 11.8. The van der Waals surface area contributed by atoms with Crippen LogP contribution < -0.4 is 10.2 Å². The minimum absolute atomic E-state index is 0.328. The lowest BCUT2D eigenvalue weighted by molar-refractivity contribution is -0.115. The first-order chi connectivity index (χ1) is 14.5. The van der Waals surface area contributed by atoms with Crippen molar-refractivity contribution in [3.8, 4) is 11.3 Å². The standard InChI is InChI=1S/C22H28N4O2S2/c1-4-8-26(9-6-7-15(3)5-2)20-13-23-12-18(24-20)16-10-17(29-14-16)11-19-21(27)25-22(28)30-19/h10-15H,4-9H2,1-3H3,(H,25,27,28)/b19-11-. The fourth-order valence-electron chi connectivity index (χ4n) is 3.21. The van der Waals surface area contributed by atoms with Gasteiger partial charge in [-0.05, 0) is 49.1 Å². The average Bonchev–Trinajstić information content (AvgIpc) is 3.33. The molecule has 1 fully saturated rings. The molecule has 3 rings (SSSR count). The Bertz CT molecular complexity index is 925. The van der Waals surface area contributed by atoms with Crippen LogP contribution in [0.25, 0.3) is 17.3 Å². The molecule has 3 heterocycles. The van der Waals surface area contributed by atoms with Crippen molar-refractivity contribution in [1.82, 2.24) is 15.3 Å². The van der Waals surface area contributed by atoms with Crippen molar-refractivity contribution in [3.05, 3.63) is 33.6 Å². The molecule has 30 heavy (non-hydrogen) atoms. The molecule has 1 N–H and O–H groups in total. The van der Waals surface area contributed by atoms with Gasteiger partial charge in [-0.25, -0.2) is 4.98 Å². The Morgan fingerprint density at radius 1 is 1.23 bits per heavy atom. The number of hydrogen-bond donors (Lipinski definition) is 1. The van der Waals surface area contributed by atoms with Crippen LogP contribution in [0.15, 0.2) is 28.7 Å². The molecule has 6 nitrogen and oxygen atoms in total. The summed E-state index contributed by atoms with van der Waals surface area (Å²) in [4.78, 5) is 36.0. The molecule has 1 aliphatic rings. The van der Waals surface area contributed by atoms with E-state index in [1.165, 1.54) is 24.2 Å². The first-order valence-electron chi connectivity index (χ1n) is 10.4. The Balaban J connectivity index is 1.74. The second kappa shape index (κ2) is 10.7. The Morgan fingerprint density at radius 2 is 2.07 bits per heavy atom. The molecule has 2 amide bonds. The highest BCUT2D eigenvalue weighted by atomic mass is 32.2. The molecule has 1 aliphatic heterocycles. The first-order valence-corrected chi connectivity index (χ1v) is 12.1. The van der Waals surface area contributed by atoms with Gasteiger partial charge in [0, 0.05) is 28.9 Å². The van der Waals surface area contributed by atoms with E-state index in [0.29, 0.717) is 4.91 Å². The lowest BCUT2D eigenvalue weighted by Gasteiger charge is -2.23. The number of aromatic nitrogens is 2. The van der Waals surface area contributed by atoms with Gasteiger partial charge in [0.1, 0.15) is 5.82 Å². The van der Waals surface area contributed by atoms with E-state index in [-0.39, 0.29) is 11.1 Å². The van der Waals surface area contributed by atoms with E-state index >= 15 is 0 Å². The van der Waals surface area contributed by atoms with Crippen molar-refractivity contribution < 1.29 is 9.59 Å². The number of rotatable bonds is 10. The summed E-state index contributed by atoms with van der Waals surface area (Å²) in [7, 11) is 0. The fourth-order valence-corrected chi connectivity index (χ4v) is 4.79. The molecule has 1 saturated heterocycles. The molecule has 160 valence electrons. The van der Waals surface area contributed by atoms with Crippen LogP contribution in [0.4, 0.5) is 10.6 Å². The van der Waals surface area contributed by atoms with Gasteiger partial charge in [0.2, 0.25) is 0 Å². The van der Waals surface area contributed by atoms with Crippen LogP contribution in [-0.2, 0) is 4.79 Å². The summed E-state index contributed by atoms with van der Waals surface area (Å²) in [6.45, 7) is 8.67. The van der Waals surface area contributed by atoms with Crippen molar-refractivity contribution >= 4 is 46.1 Å². The minimum Gasteiger partial charge on any atom is -0.355 e. The van der Waals surface area contributed by atoms with Crippen molar-refractivity contribution in [2.45, 2.75) is 46.5 Å². The number of nitrogens with zero attached hydrogens (tertiary/aromatic N) is 3. The highest BCUT2D eigenvalue weighted by Crippen LogP contribution is 2.31. The van der Waals surface area contributed by atoms with E-state index in [0.717, 1.165) is 65.6 Å². The zero-order valence-corrected chi connectivity index (χ0v) is 19.3. The van der Waals surface area contributed by atoms with E-state index in [1.54, 1.807) is 12.3 Å². The summed E-state index contributed by atoms with van der Waals surface area (Å²) >= 11 is 2.45. The predicted octanol–water partition coefficient (Wildman–Crippen LogP) is 5.57. The highest BCUT2D eigenvalue weighted by molar-refractivity contribution is 8.18. The van der Waals surface area contributed by atoms with Gasteiger partial charge in [-0.15, -0.1) is 11.3 Å².